The Bertz CT molecular complexity index is 836. The first-order chi connectivity index (χ1) is 11.9. The normalized spacial score (nSPS) is 23.0. The molecule has 1 aliphatic heterocycles. The minimum atomic E-state index is -1.07. The fourth-order valence-electron chi connectivity index (χ4n) is 2.84. The van der Waals surface area contributed by atoms with E-state index >= 15 is 0 Å². The third-order valence-corrected chi connectivity index (χ3v) is 5.53. The Labute approximate surface area is 169 Å². The van der Waals surface area contributed by atoms with Crippen LogP contribution in [0.5, 0.6) is 0 Å². The molecule has 1 fully saturated rings. The van der Waals surface area contributed by atoms with Gasteiger partial charge < -0.3 is 22.3 Å². The number of aryl methyl sites for hydroxylation is 1. The lowest BCUT2D eigenvalue weighted by atomic mass is 10.0. The highest BCUT2D eigenvalue weighted by Crippen LogP contribution is 2.46. The minimum absolute atomic E-state index is 0.268. The van der Waals surface area contributed by atoms with Crippen molar-refractivity contribution in [2.24, 2.45) is 0 Å². The van der Waals surface area contributed by atoms with Gasteiger partial charge in [-0.3, -0.25) is 0 Å². The number of halogens is 3. The molecule has 132 valence electrons. The van der Waals surface area contributed by atoms with Crippen molar-refractivity contribution in [1.29, 1.82) is 0 Å². The molecule has 0 saturated carbocycles. The van der Waals surface area contributed by atoms with Gasteiger partial charge in [0, 0.05) is 21.6 Å². The summed E-state index contributed by atoms with van der Waals surface area (Å²) >= 11 is 20.5. The Hall–Kier alpha value is -0.760. The molecule has 0 unspecified atom stereocenters. The first kappa shape index (κ1) is 19.0. The number of nitroso groups, excluding NO2 is 1. The van der Waals surface area contributed by atoms with E-state index in [1.807, 2.05) is 19.1 Å². The first-order valence-electron chi connectivity index (χ1n) is 7.44. The second-order valence-corrected chi connectivity index (χ2v) is 7.48. The van der Waals surface area contributed by atoms with Crippen LogP contribution in [0, 0.1) is 11.8 Å². The Morgan fingerprint density at radius 1 is 1.32 bits per heavy atom. The average molecular weight is 463 g/mol. The third-order valence-electron chi connectivity index (χ3n) is 4.04. The van der Waals surface area contributed by atoms with Crippen molar-refractivity contribution in [3.05, 3.63) is 68.0 Å². The van der Waals surface area contributed by atoms with Crippen LogP contribution in [0.15, 0.2) is 36.4 Å². The fourth-order valence-corrected chi connectivity index (χ4v) is 4.16. The van der Waals surface area contributed by atoms with Gasteiger partial charge >= 0.3 is 0 Å². The van der Waals surface area contributed by atoms with Crippen molar-refractivity contribution in [2.45, 2.75) is 18.8 Å². The molecular formula is C17H14BrCl2NO3S. The molecular weight excluding hydrogens is 449 g/mol. The molecule has 0 aromatic heterocycles. The molecule has 3 rings (SSSR count). The predicted octanol–water partition coefficient (Wildman–Crippen LogP) is 5.51. The highest BCUT2D eigenvalue weighted by molar-refractivity contribution is 9.09. The van der Waals surface area contributed by atoms with Crippen LogP contribution in [0.25, 0.3) is 0 Å². The van der Waals surface area contributed by atoms with Crippen LogP contribution in [0.1, 0.15) is 22.8 Å². The number of hydrogen-bond acceptors (Lipinski definition) is 4. The van der Waals surface area contributed by atoms with E-state index in [0.717, 1.165) is 5.56 Å². The molecule has 1 saturated heterocycles. The fraction of sp³-hybridized carbons (Fsp3) is 0.294. The highest BCUT2D eigenvalue weighted by Gasteiger charge is 2.45. The molecule has 0 radical (unpaired) electrons. The summed E-state index contributed by atoms with van der Waals surface area (Å²) < 4.78 is 12.6. The SMILES string of the molecule is Cc1ccc([N+](=O)[S-])c([C@@H]2CO[C@](CBr)(c3ccc(Cl)cc3Cl)O2)c1. The van der Waals surface area contributed by atoms with Crippen molar-refractivity contribution in [3.8, 4) is 0 Å². The first-order valence-corrected chi connectivity index (χ1v) is 9.69. The van der Waals surface area contributed by atoms with Gasteiger partial charge in [-0.2, -0.15) is 0 Å². The summed E-state index contributed by atoms with van der Waals surface area (Å²) in [6, 6.07) is 10.6. The molecule has 4 nitrogen and oxygen atoms in total. The largest absolute Gasteiger partial charge is 0.364 e. The molecule has 2 atom stereocenters. The molecule has 0 bridgehead atoms. The van der Waals surface area contributed by atoms with Crippen molar-refractivity contribution < 1.29 is 13.6 Å². The molecule has 2 aromatic rings. The maximum absolute atomic E-state index is 11.7. The van der Waals surface area contributed by atoms with Crippen molar-refractivity contribution >= 4 is 57.6 Å². The molecule has 1 heterocycles. The minimum Gasteiger partial charge on any atom is -0.364 e. The summed E-state index contributed by atoms with van der Waals surface area (Å²) in [6.07, 6.45) is -0.446. The maximum Gasteiger partial charge on any atom is 0.243 e. The lowest BCUT2D eigenvalue weighted by molar-refractivity contribution is -0.264. The summed E-state index contributed by atoms with van der Waals surface area (Å²) in [5.74, 6) is -1.07. The van der Waals surface area contributed by atoms with Gasteiger partial charge in [0.15, 0.2) is 0 Å². The Morgan fingerprint density at radius 2 is 2.08 bits per heavy atom. The van der Waals surface area contributed by atoms with Gasteiger partial charge in [0.1, 0.15) is 6.10 Å². The summed E-state index contributed by atoms with van der Waals surface area (Å²) in [6.45, 7) is 2.21. The van der Waals surface area contributed by atoms with Crippen molar-refractivity contribution in [3.63, 3.8) is 0 Å². The van der Waals surface area contributed by atoms with E-state index in [-0.39, 0.29) is 6.61 Å². The maximum atomic E-state index is 11.7. The topological polar surface area (TPSA) is 38.5 Å². The third kappa shape index (κ3) is 3.70. The van der Waals surface area contributed by atoms with Gasteiger partial charge in [0.2, 0.25) is 11.5 Å². The predicted molar refractivity (Wildman–Crippen MR) is 104 cm³/mol. The van der Waals surface area contributed by atoms with Gasteiger partial charge in [0.25, 0.3) is 0 Å². The highest BCUT2D eigenvalue weighted by atomic mass is 79.9. The van der Waals surface area contributed by atoms with E-state index in [0.29, 0.717) is 36.4 Å². The molecule has 0 amide bonds. The van der Waals surface area contributed by atoms with Crippen LogP contribution < -0.4 is 0 Å². The number of benzene rings is 2. The molecule has 0 aliphatic carbocycles. The van der Waals surface area contributed by atoms with Crippen molar-refractivity contribution in [1.82, 2.24) is 0 Å². The van der Waals surface area contributed by atoms with Gasteiger partial charge in [-0.15, -0.1) is 0 Å². The lowest BCUT2D eigenvalue weighted by Crippen LogP contribution is -2.29. The number of ether oxygens (including phenoxy) is 2. The monoisotopic (exact) mass is 461 g/mol. The molecule has 25 heavy (non-hydrogen) atoms. The number of alkyl halides is 1. The zero-order valence-electron chi connectivity index (χ0n) is 13.2. The van der Waals surface area contributed by atoms with E-state index in [9.17, 15) is 4.91 Å². The van der Waals surface area contributed by atoms with E-state index < -0.39 is 11.9 Å². The summed E-state index contributed by atoms with van der Waals surface area (Å²) in [5.41, 5.74) is 2.74. The molecule has 0 N–H and O–H groups in total. The number of nitrogens with zero attached hydrogens (tertiary/aromatic N) is 1. The summed E-state index contributed by atoms with van der Waals surface area (Å²) in [7, 11) is 0. The Morgan fingerprint density at radius 3 is 2.72 bits per heavy atom. The quantitative estimate of drug-likeness (QED) is 0.341. The Balaban J connectivity index is 2.00. The summed E-state index contributed by atoms with van der Waals surface area (Å²) in [5, 5.41) is 1.35. The van der Waals surface area contributed by atoms with Crippen molar-refractivity contribution in [2.75, 3.05) is 11.9 Å². The van der Waals surface area contributed by atoms with Crippen LogP contribution >= 0.6 is 39.1 Å². The van der Waals surface area contributed by atoms with Crippen LogP contribution in [-0.2, 0) is 28.1 Å². The second kappa shape index (κ2) is 7.47. The van der Waals surface area contributed by atoms with Gasteiger partial charge in [-0.05, 0) is 25.1 Å². The number of hydrogen-bond donors (Lipinski definition) is 0. The average Bonchev–Trinajstić information content (AvgIpc) is 3.00. The standard InChI is InChI=1S/C17H14BrCl2NO3S/c1-10-2-5-15(21(22)25)12(6-10)16-8-23-17(9-18,24-16)13-4-3-11(19)7-14(13)20/h2-7,16H,8-9H2,1H3/t16-,17-/m0/s1. The van der Waals surface area contributed by atoms with E-state index in [4.69, 9.17) is 45.5 Å². The molecule has 0 spiro atoms. The molecule has 8 heteroatoms. The van der Waals surface area contributed by atoms with Crippen LogP contribution in [0.3, 0.4) is 0 Å². The van der Waals surface area contributed by atoms with E-state index in [1.165, 1.54) is 0 Å². The van der Waals surface area contributed by atoms with Crippen LogP contribution in [0.4, 0.5) is 5.69 Å². The smallest absolute Gasteiger partial charge is 0.243 e. The van der Waals surface area contributed by atoms with E-state index in [1.54, 1.807) is 24.3 Å². The van der Waals surface area contributed by atoms with Crippen LogP contribution in [0.2, 0.25) is 10.0 Å². The zero-order valence-corrected chi connectivity index (χ0v) is 17.1. The Kier molecular flexibility index (Phi) is 5.68. The molecule has 1 aliphatic rings. The van der Waals surface area contributed by atoms with Gasteiger partial charge in [0.05, 0.1) is 22.5 Å². The number of rotatable bonds is 4. The van der Waals surface area contributed by atoms with Gasteiger partial charge in [-0.25, -0.2) is 0 Å². The molecule has 2 aromatic carbocycles. The lowest BCUT2D eigenvalue weighted by Gasteiger charge is -2.27. The van der Waals surface area contributed by atoms with Gasteiger partial charge in [-0.1, -0.05) is 61.0 Å². The van der Waals surface area contributed by atoms with E-state index in [2.05, 4.69) is 15.9 Å². The van der Waals surface area contributed by atoms with Crippen LogP contribution in [-0.4, -0.2) is 16.1 Å². The zero-order chi connectivity index (χ0) is 18.2. The summed E-state index contributed by atoms with van der Waals surface area (Å²) in [4.78, 5) is 11.7. The second-order valence-electron chi connectivity index (χ2n) is 5.75.